The summed E-state index contributed by atoms with van der Waals surface area (Å²) in [5.74, 6) is 0.101. The molecule has 0 saturated carbocycles. The van der Waals surface area contributed by atoms with Gasteiger partial charge in [-0.05, 0) is 38.0 Å². The molecule has 8 heteroatoms. The molecular weight excluding hydrogens is 328 g/mol. The van der Waals surface area contributed by atoms with Crippen LogP contribution in [0.2, 0.25) is 0 Å². The van der Waals surface area contributed by atoms with E-state index in [9.17, 15) is 13.2 Å². The zero-order valence-electron chi connectivity index (χ0n) is 14.0. The van der Waals surface area contributed by atoms with Crippen LogP contribution in [0.1, 0.15) is 43.1 Å². The lowest BCUT2D eigenvalue weighted by atomic mass is 9.71. The van der Waals surface area contributed by atoms with Gasteiger partial charge in [-0.15, -0.1) is 0 Å². The second-order valence-corrected chi connectivity index (χ2v) is 8.94. The predicted molar refractivity (Wildman–Crippen MR) is 89.9 cm³/mol. The molecule has 1 spiro atoms. The van der Waals surface area contributed by atoms with Gasteiger partial charge in [0.1, 0.15) is 5.69 Å². The van der Waals surface area contributed by atoms with Crippen molar-refractivity contribution in [2.24, 2.45) is 5.41 Å². The quantitative estimate of drug-likeness (QED) is 0.815. The first-order valence-electron chi connectivity index (χ1n) is 8.49. The van der Waals surface area contributed by atoms with E-state index in [0.717, 1.165) is 25.7 Å². The molecule has 132 valence electrons. The van der Waals surface area contributed by atoms with Crippen molar-refractivity contribution in [2.75, 3.05) is 31.9 Å². The molecule has 7 nitrogen and oxygen atoms in total. The second-order valence-electron chi connectivity index (χ2n) is 6.68. The van der Waals surface area contributed by atoms with Crippen LogP contribution < -0.4 is 0 Å². The fourth-order valence-electron chi connectivity index (χ4n) is 3.68. The summed E-state index contributed by atoms with van der Waals surface area (Å²) in [7, 11) is -3.08. The third-order valence-electron chi connectivity index (χ3n) is 5.43. The van der Waals surface area contributed by atoms with Gasteiger partial charge in [-0.2, -0.15) is 0 Å². The van der Waals surface area contributed by atoms with Crippen molar-refractivity contribution in [2.45, 2.75) is 32.6 Å². The second kappa shape index (κ2) is 6.76. The number of amides is 1. The minimum atomic E-state index is -3.08. The highest BCUT2D eigenvalue weighted by Gasteiger charge is 2.40. The van der Waals surface area contributed by atoms with Crippen molar-refractivity contribution in [1.82, 2.24) is 19.2 Å². The number of piperidine rings is 2. The number of hydrogen-bond acceptors (Lipinski definition) is 5. The zero-order valence-corrected chi connectivity index (χ0v) is 14.8. The molecule has 1 amide bonds. The van der Waals surface area contributed by atoms with Crippen LogP contribution in [0.15, 0.2) is 18.6 Å². The summed E-state index contributed by atoms with van der Waals surface area (Å²) in [5.41, 5.74) is 0.566. The highest BCUT2D eigenvalue weighted by atomic mass is 32.2. The summed E-state index contributed by atoms with van der Waals surface area (Å²) in [6, 6.07) is 0. The smallest absolute Gasteiger partial charge is 0.274 e. The van der Waals surface area contributed by atoms with Crippen molar-refractivity contribution >= 4 is 15.9 Å². The third-order valence-corrected chi connectivity index (χ3v) is 7.32. The van der Waals surface area contributed by atoms with Crippen molar-refractivity contribution < 1.29 is 13.2 Å². The Hall–Kier alpha value is -1.54. The summed E-state index contributed by atoms with van der Waals surface area (Å²) in [6.45, 7) is 4.31. The van der Waals surface area contributed by atoms with Gasteiger partial charge < -0.3 is 4.90 Å². The standard InChI is InChI=1S/C16H24N4O3S/c1-2-24(22,23)20-11-5-16(6-12-20)3-9-19(10-4-16)15(21)14-13-17-7-8-18-14/h7-8,13H,2-6,9-12H2,1H3. The maximum absolute atomic E-state index is 12.4. The van der Waals surface area contributed by atoms with Gasteiger partial charge >= 0.3 is 0 Å². The topological polar surface area (TPSA) is 83.5 Å². The Morgan fingerprint density at radius 2 is 1.75 bits per heavy atom. The largest absolute Gasteiger partial charge is 0.337 e. The number of nitrogens with zero attached hydrogens (tertiary/aromatic N) is 4. The Balaban J connectivity index is 1.57. The van der Waals surface area contributed by atoms with Gasteiger partial charge in [0.2, 0.25) is 10.0 Å². The number of sulfonamides is 1. The molecule has 0 unspecified atom stereocenters. The average Bonchev–Trinajstić information content (AvgIpc) is 2.63. The molecule has 3 rings (SSSR count). The van der Waals surface area contributed by atoms with E-state index >= 15 is 0 Å². The van der Waals surface area contributed by atoms with E-state index in [4.69, 9.17) is 0 Å². The zero-order chi connectivity index (χ0) is 17.2. The first-order chi connectivity index (χ1) is 11.5. The van der Waals surface area contributed by atoms with Gasteiger partial charge in [0.05, 0.1) is 11.9 Å². The summed E-state index contributed by atoms with van der Waals surface area (Å²) < 4.78 is 25.6. The summed E-state index contributed by atoms with van der Waals surface area (Å²) in [6.07, 6.45) is 8.22. The monoisotopic (exact) mass is 352 g/mol. The van der Waals surface area contributed by atoms with Crippen LogP contribution in [-0.4, -0.2) is 65.4 Å². The number of likely N-dealkylation sites (tertiary alicyclic amines) is 1. The number of carbonyl (C=O) groups is 1. The van der Waals surface area contributed by atoms with Gasteiger partial charge in [-0.1, -0.05) is 0 Å². The molecule has 2 aliphatic heterocycles. The molecule has 2 fully saturated rings. The summed E-state index contributed by atoms with van der Waals surface area (Å²) in [5, 5.41) is 0. The highest BCUT2D eigenvalue weighted by molar-refractivity contribution is 7.89. The van der Waals surface area contributed by atoms with Crippen molar-refractivity contribution in [1.29, 1.82) is 0 Å². The molecule has 0 atom stereocenters. The van der Waals surface area contributed by atoms with Gasteiger partial charge in [0.25, 0.3) is 5.91 Å². The van der Waals surface area contributed by atoms with E-state index in [2.05, 4.69) is 9.97 Å². The maximum atomic E-state index is 12.4. The van der Waals surface area contributed by atoms with Gasteiger partial charge in [-0.3, -0.25) is 9.78 Å². The SMILES string of the molecule is CCS(=O)(=O)N1CCC2(CCN(C(=O)c3cnccn3)CC2)CC1. The molecular formula is C16H24N4O3S. The number of rotatable bonds is 3. The van der Waals surface area contributed by atoms with E-state index < -0.39 is 10.0 Å². The first-order valence-corrected chi connectivity index (χ1v) is 10.1. The van der Waals surface area contributed by atoms with Crippen molar-refractivity contribution in [3.63, 3.8) is 0 Å². The van der Waals surface area contributed by atoms with Gasteiger partial charge in [0, 0.05) is 38.6 Å². The van der Waals surface area contributed by atoms with Crippen LogP contribution in [0.25, 0.3) is 0 Å². The van der Waals surface area contributed by atoms with Crippen LogP contribution in [0.3, 0.4) is 0 Å². The van der Waals surface area contributed by atoms with E-state index in [-0.39, 0.29) is 17.1 Å². The number of carbonyl (C=O) groups excluding carboxylic acids is 1. The lowest BCUT2D eigenvalue weighted by molar-refractivity contribution is 0.0420. The average molecular weight is 352 g/mol. The first kappa shape index (κ1) is 17.3. The fourth-order valence-corrected chi connectivity index (χ4v) is 4.78. The number of aromatic nitrogens is 2. The van der Waals surface area contributed by atoms with Crippen LogP contribution >= 0.6 is 0 Å². The molecule has 2 saturated heterocycles. The maximum Gasteiger partial charge on any atom is 0.274 e. The van der Waals surface area contributed by atoms with Crippen molar-refractivity contribution in [3.05, 3.63) is 24.3 Å². The Morgan fingerprint density at radius 3 is 2.29 bits per heavy atom. The van der Waals surface area contributed by atoms with E-state index in [1.54, 1.807) is 17.4 Å². The minimum absolute atomic E-state index is 0.0658. The van der Waals surface area contributed by atoms with Gasteiger partial charge in [-0.25, -0.2) is 17.7 Å². The number of hydrogen-bond donors (Lipinski definition) is 0. The summed E-state index contributed by atoms with van der Waals surface area (Å²) in [4.78, 5) is 22.3. The lowest BCUT2D eigenvalue weighted by Crippen LogP contribution is -2.49. The van der Waals surface area contributed by atoms with E-state index in [0.29, 0.717) is 31.9 Å². The Bertz CT molecular complexity index is 675. The summed E-state index contributed by atoms with van der Waals surface area (Å²) >= 11 is 0. The van der Waals surface area contributed by atoms with Crippen LogP contribution in [0, 0.1) is 5.41 Å². The minimum Gasteiger partial charge on any atom is -0.337 e. The molecule has 2 aliphatic rings. The normalized spacial score (nSPS) is 21.8. The molecule has 0 aromatic carbocycles. The third kappa shape index (κ3) is 3.44. The Kier molecular flexibility index (Phi) is 4.87. The molecule has 0 N–H and O–H groups in total. The van der Waals surface area contributed by atoms with Crippen molar-refractivity contribution in [3.8, 4) is 0 Å². The molecule has 1 aromatic heterocycles. The molecule has 0 aliphatic carbocycles. The van der Waals surface area contributed by atoms with Gasteiger partial charge in [0.15, 0.2) is 0 Å². The molecule has 0 bridgehead atoms. The van der Waals surface area contributed by atoms with Crippen LogP contribution in [0.5, 0.6) is 0 Å². The lowest BCUT2D eigenvalue weighted by Gasteiger charge is -2.46. The Morgan fingerprint density at radius 1 is 1.12 bits per heavy atom. The van der Waals surface area contributed by atoms with E-state index in [1.807, 2.05) is 4.90 Å². The fraction of sp³-hybridized carbons (Fsp3) is 0.688. The molecule has 0 radical (unpaired) electrons. The van der Waals surface area contributed by atoms with Crippen LogP contribution in [0.4, 0.5) is 0 Å². The van der Waals surface area contributed by atoms with E-state index in [1.165, 1.54) is 12.4 Å². The highest BCUT2D eigenvalue weighted by Crippen LogP contribution is 2.41. The van der Waals surface area contributed by atoms with Crippen LogP contribution in [-0.2, 0) is 10.0 Å². The molecule has 3 heterocycles. The Labute approximate surface area is 143 Å². The molecule has 24 heavy (non-hydrogen) atoms. The molecule has 1 aromatic rings. The predicted octanol–water partition coefficient (Wildman–Crippen LogP) is 1.14.